The van der Waals surface area contributed by atoms with Crippen LogP contribution in [0.4, 0.5) is 0 Å². The third-order valence-electron chi connectivity index (χ3n) is 2.40. The molecule has 0 spiro atoms. The molecule has 18 heavy (non-hydrogen) atoms. The summed E-state index contributed by atoms with van der Waals surface area (Å²) < 4.78 is 0. The molecule has 0 heterocycles. The molecule has 0 saturated heterocycles. The van der Waals surface area contributed by atoms with Crippen molar-refractivity contribution < 1.29 is 9.63 Å². The molecule has 0 saturated carbocycles. The molecular formula is C14H10N2O2. The lowest BCUT2D eigenvalue weighted by Gasteiger charge is -2.05. The Bertz CT molecular complexity index is 585. The lowest BCUT2D eigenvalue weighted by atomic mass is 10.0. The molecule has 88 valence electrons. The monoisotopic (exact) mass is 238 g/mol. The van der Waals surface area contributed by atoms with Gasteiger partial charge in [0.05, 0.1) is 11.6 Å². The van der Waals surface area contributed by atoms with Crippen molar-refractivity contribution >= 4 is 6.41 Å². The second kappa shape index (κ2) is 5.51. The number of hydroxylamine groups is 1. The summed E-state index contributed by atoms with van der Waals surface area (Å²) in [6.45, 7) is 0. The van der Waals surface area contributed by atoms with E-state index in [-0.39, 0.29) is 0 Å². The number of hydrogen-bond acceptors (Lipinski definition) is 3. The molecule has 4 nitrogen and oxygen atoms in total. The molecule has 1 N–H and O–H groups in total. The highest BCUT2D eigenvalue weighted by Crippen LogP contribution is 2.22. The number of nitrogens with one attached hydrogen (secondary N) is 1. The van der Waals surface area contributed by atoms with Gasteiger partial charge in [0.2, 0.25) is 6.41 Å². The van der Waals surface area contributed by atoms with Crippen LogP contribution >= 0.6 is 0 Å². The fraction of sp³-hybridized carbons (Fsp3) is 0. The van der Waals surface area contributed by atoms with E-state index in [4.69, 9.17) is 10.1 Å². The summed E-state index contributed by atoms with van der Waals surface area (Å²) in [6.07, 6.45) is 0.463. The molecule has 0 radical (unpaired) electrons. The van der Waals surface area contributed by atoms with Gasteiger partial charge in [-0.05, 0) is 35.4 Å². The van der Waals surface area contributed by atoms with Crippen LogP contribution in [-0.4, -0.2) is 6.41 Å². The first-order valence-corrected chi connectivity index (χ1v) is 5.30. The molecule has 2 rings (SSSR count). The van der Waals surface area contributed by atoms with Crippen molar-refractivity contribution in [2.45, 2.75) is 0 Å². The predicted molar refractivity (Wildman–Crippen MR) is 66.4 cm³/mol. The van der Waals surface area contributed by atoms with E-state index in [0.29, 0.717) is 17.7 Å². The van der Waals surface area contributed by atoms with E-state index in [1.807, 2.05) is 30.3 Å². The van der Waals surface area contributed by atoms with Crippen LogP contribution in [0, 0.1) is 11.3 Å². The van der Waals surface area contributed by atoms with Gasteiger partial charge in [0.1, 0.15) is 0 Å². The van der Waals surface area contributed by atoms with Gasteiger partial charge in [-0.1, -0.05) is 24.3 Å². The average molecular weight is 238 g/mol. The third kappa shape index (κ3) is 2.66. The van der Waals surface area contributed by atoms with Crippen molar-refractivity contribution in [3.8, 4) is 22.9 Å². The summed E-state index contributed by atoms with van der Waals surface area (Å²) in [5, 5.41) is 8.84. The van der Waals surface area contributed by atoms with E-state index in [2.05, 4.69) is 11.5 Å². The smallest absolute Gasteiger partial charge is 0.239 e. The molecule has 1 amide bonds. The number of rotatable bonds is 4. The summed E-state index contributed by atoms with van der Waals surface area (Å²) in [4.78, 5) is 15.0. The summed E-state index contributed by atoms with van der Waals surface area (Å²) >= 11 is 0. The second-order valence-electron chi connectivity index (χ2n) is 3.55. The lowest BCUT2D eigenvalue weighted by molar-refractivity contribution is -0.115. The number of carbonyl (C=O) groups is 1. The number of amides is 1. The Balaban J connectivity index is 2.23. The summed E-state index contributed by atoms with van der Waals surface area (Å²) in [7, 11) is 0. The molecule has 0 aliphatic rings. The Kier molecular flexibility index (Phi) is 3.57. The van der Waals surface area contributed by atoms with Crippen LogP contribution in [0.3, 0.4) is 0 Å². The highest BCUT2D eigenvalue weighted by atomic mass is 16.6. The molecule has 0 bridgehead atoms. The number of benzene rings is 2. The SMILES string of the molecule is N#Cc1cccc(-c2ccc(ONC=O)cc2)c1. The number of carbonyl (C=O) groups excluding carboxylic acids is 1. The van der Waals surface area contributed by atoms with Crippen LogP contribution in [0.25, 0.3) is 11.1 Å². The predicted octanol–water partition coefficient (Wildman–Crippen LogP) is 2.27. The molecule has 0 unspecified atom stereocenters. The minimum Gasteiger partial charge on any atom is -0.380 e. The third-order valence-corrected chi connectivity index (χ3v) is 2.40. The highest BCUT2D eigenvalue weighted by molar-refractivity contribution is 5.65. The van der Waals surface area contributed by atoms with E-state index in [1.165, 1.54) is 0 Å². The first-order chi connectivity index (χ1) is 8.83. The number of nitrogens with zero attached hydrogens (tertiary/aromatic N) is 1. The Hall–Kier alpha value is -2.80. The van der Waals surface area contributed by atoms with Crippen LogP contribution in [0.15, 0.2) is 48.5 Å². The highest BCUT2D eigenvalue weighted by Gasteiger charge is 2.00. The molecule has 0 fully saturated rings. The summed E-state index contributed by atoms with van der Waals surface area (Å²) in [6, 6.07) is 16.7. The minimum absolute atomic E-state index is 0.463. The Morgan fingerprint density at radius 2 is 1.89 bits per heavy atom. The number of nitriles is 1. The van der Waals surface area contributed by atoms with Crippen molar-refractivity contribution in [1.29, 1.82) is 5.26 Å². The van der Waals surface area contributed by atoms with Crippen molar-refractivity contribution in [3.05, 3.63) is 54.1 Å². The van der Waals surface area contributed by atoms with Gasteiger partial charge in [0.15, 0.2) is 5.75 Å². The maximum absolute atomic E-state index is 10.1. The second-order valence-corrected chi connectivity index (χ2v) is 3.55. The van der Waals surface area contributed by atoms with Crippen LogP contribution in [0.2, 0.25) is 0 Å². The van der Waals surface area contributed by atoms with Gasteiger partial charge < -0.3 is 4.84 Å². The van der Waals surface area contributed by atoms with Crippen molar-refractivity contribution in [1.82, 2.24) is 5.48 Å². The molecule has 2 aromatic carbocycles. The Morgan fingerprint density at radius 1 is 1.11 bits per heavy atom. The van der Waals surface area contributed by atoms with Gasteiger partial charge in [-0.2, -0.15) is 10.7 Å². The number of hydrogen-bond donors (Lipinski definition) is 1. The van der Waals surface area contributed by atoms with Crippen molar-refractivity contribution in [2.75, 3.05) is 0 Å². The van der Waals surface area contributed by atoms with E-state index in [0.717, 1.165) is 11.1 Å². The Morgan fingerprint density at radius 3 is 2.56 bits per heavy atom. The van der Waals surface area contributed by atoms with E-state index in [9.17, 15) is 4.79 Å². The van der Waals surface area contributed by atoms with Gasteiger partial charge in [-0.15, -0.1) is 0 Å². The van der Waals surface area contributed by atoms with E-state index >= 15 is 0 Å². The van der Waals surface area contributed by atoms with Gasteiger partial charge in [0.25, 0.3) is 0 Å². The van der Waals surface area contributed by atoms with E-state index in [1.54, 1.807) is 18.2 Å². The zero-order valence-electron chi connectivity index (χ0n) is 9.46. The standard InChI is InChI=1S/C14H10N2O2/c15-9-11-2-1-3-13(8-11)12-4-6-14(7-5-12)18-16-10-17/h1-8,10H,(H,16,17). The van der Waals surface area contributed by atoms with Crippen LogP contribution in [0.5, 0.6) is 5.75 Å². The minimum atomic E-state index is 0.463. The maximum Gasteiger partial charge on any atom is 0.239 e. The topological polar surface area (TPSA) is 62.1 Å². The van der Waals surface area contributed by atoms with Crippen LogP contribution in [-0.2, 0) is 4.79 Å². The summed E-state index contributed by atoms with van der Waals surface area (Å²) in [5.41, 5.74) is 4.68. The van der Waals surface area contributed by atoms with E-state index < -0.39 is 0 Å². The zero-order chi connectivity index (χ0) is 12.8. The van der Waals surface area contributed by atoms with Gasteiger partial charge >= 0.3 is 0 Å². The maximum atomic E-state index is 10.1. The fourth-order valence-electron chi connectivity index (χ4n) is 1.58. The van der Waals surface area contributed by atoms with Crippen molar-refractivity contribution in [3.63, 3.8) is 0 Å². The molecule has 0 atom stereocenters. The molecule has 0 aromatic heterocycles. The molecule has 0 aliphatic heterocycles. The average Bonchev–Trinajstić information content (AvgIpc) is 2.46. The van der Waals surface area contributed by atoms with Crippen molar-refractivity contribution in [2.24, 2.45) is 0 Å². The largest absolute Gasteiger partial charge is 0.380 e. The molecule has 2 aromatic rings. The van der Waals surface area contributed by atoms with Crippen LogP contribution in [0.1, 0.15) is 5.56 Å². The molecule has 4 heteroatoms. The van der Waals surface area contributed by atoms with Crippen LogP contribution < -0.4 is 10.3 Å². The lowest BCUT2D eigenvalue weighted by Crippen LogP contribution is -2.15. The Labute approximate surface area is 104 Å². The van der Waals surface area contributed by atoms with Gasteiger partial charge in [0, 0.05) is 0 Å². The molecular weight excluding hydrogens is 228 g/mol. The zero-order valence-corrected chi connectivity index (χ0v) is 9.46. The fourth-order valence-corrected chi connectivity index (χ4v) is 1.58. The molecule has 0 aliphatic carbocycles. The quantitative estimate of drug-likeness (QED) is 0.656. The normalized spacial score (nSPS) is 9.28. The van der Waals surface area contributed by atoms with Gasteiger partial charge in [-0.3, -0.25) is 4.79 Å². The first kappa shape index (κ1) is 11.7. The van der Waals surface area contributed by atoms with Gasteiger partial charge in [-0.25, -0.2) is 0 Å². The summed E-state index contributed by atoms with van der Waals surface area (Å²) in [5.74, 6) is 0.544. The first-order valence-electron chi connectivity index (χ1n) is 5.30.